The van der Waals surface area contributed by atoms with Gasteiger partial charge in [-0.05, 0) is 38.9 Å². The number of thiazole rings is 1. The molecule has 0 spiro atoms. The smallest absolute Gasteiger partial charge is 0.0971 e. The molecule has 0 fully saturated rings. The number of hydrogen-bond donors (Lipinski definition) is 1. The Morgan fingerprint density at radius 3 is 2.72 bits per heavy atom. The van der Waals surface area contributed by atoms with E-state index in [1.54, 1.807) is 0 Å². The fourth-order valence-corrected chi connectivity index (χ4v) is 2.86. The van der Waals surface area contributed by atoms with E-state index < -0.39 is 0 Å². The quantitative estimate of drug-likeness (QED) is 0.807. The highest BCUT2D eigenvalue weighted by atomic mass is 32.1. The molecular weight excluding hydrogens is 240 g/mol. The average Bonchev–Trinajstić information content (AvgIpc) is 2.80. The predicted octanol–water partition coefficient (Wildman–Crippen LogP) is 3.19. The van der Waals surface area contributed by atoms with Crippen molar-refractivity contribution in [2.24, 2.45) is 0 Å². The first-order valence-corrected chi connectivity index (χ1v) is 7.23. The van der Waals surface area contributed by atoms with Gasteiger partial charge in [0.25, 0.3) is 0 Å². The van der Waals surface area contributed by atoms with Crippen LogP contribution in [-0.2, 0) is 12.8 Å². The Labute approximate surface area is 113 Å². The summed E-state index contributed by atoms with van der Waals surface area (Å²) in [5.41, 5.74) is 2.65. The first-order valence-electron chi connectivity index (χ1n) is 6.41. The molecule has 0 aliphatic carbocycles. The summed E-state index contributed by atoms with van der Waals surface area (Å²) < 4.78 is 0. The summed E-state index contributed by atoms with van der Waals surface area (Å²) in [4.78, 5) is 5.91. The largest absolute Gasteiger partial charge is 0.320 e. The van der Waals surface area contributed by atoms with Crippen LogP contribution in [0.3, 0.4) is 0 Å². The van der Waals surface area contributed by atoms with Crippen molar-refractivity contribution in [2.45, 2.75) is 26.2 Å². The standard InChI is InChI=1S/C15H20N2S/c1-12-5-7-13(8-6-12)10-15-17-11-14(18-15)4-3-9-16-2/h5-8,11,16H,3-4,9-10H2,1-2H3. The Balaban J connectivity index is 1.91. The van der Waals surface area contributed by atoms with Crippen molar-refractivity contribution in [1.82, 2.24) is 10.3 Å². The van der Waals surface area contributed by atoms with Crippen LogP contribution in [0.2, 0.25) is 0 Å². The molecule has 1 N–H and O–H groups in total. The molecule has 0 unspecified atom stereocenters. The monoisotopic (exact) mass is 260 g/mol. The molecule has 0 saturated carbocycles. The normalized spacial score (nSPS) is 10.8. The maximum absolute atomic E-state index is 4.51. The van der Waals surface area contributed by atoms with E-state index in [0.717, 1.165) is 19.4 Å². The highest BCUT2D eigenvalue weighted by molar-refractivity contribution is 7.11. The summed E-state index contributed by atoms with van der Waals surface area (Å²) >= 11 is 1.84. The molecule has 0 bridgehead atoms. The van der Waals surface area contributed by atoms with E-state index in [1.165, 1.54) is 27.4 Å². The van der Waals surface area contributed by atoms with Gasteiger partial charge in [0, 0.05) is 17.5 Å². The summed E-state index contributed by atoms with van der Waals surface area (Å²) in [5, 5.41) is 4.39. The second kappa shape index (κ2) is 6.66. The number of aromatic nitrogens is 1. The van der Waals surface area contributed by atoms with Crippen molar-refractivity contribution in [3.63, 3.8) is 0 Å². The molecular formula is C15H20N2S. The van der Waals surface area contributed by atoms with Crippen LogP contribution >= 0.6 is 11.3 Å². The van der Waals surface area contributed by atoms with E-state index in [4.69, 9.17) is 0 Å². The van der Waals surface area contributed by atoms with E-state index in [2.05, 4.69) is 41.5 Å². The molecule has 1 aromatic heterocycles. The first-order chi connectivity index (χ1) is 8.78. The van der Waals surface area contributed by atoms with Gasteiger partial charge in [0.1, 0.15) is 0 Å². The van der Waals surface area contributed by atoms with E-state index in [0.29, 0.717) is 0 Å². The summed E-state index contributed by atoms with van der Waals surface area (Å²) in [5.74, 6) is 0. The Morgan fingerprint density at radius 2 is 2.00 bits per heavy atom. The molecule has 0 radical (unpaired) electrons. The van der Waals surface area contributed by atoms with Gasteiger partial charge in [0.15, 0.2) is 0 Å². The van der Waals surface area contributed by atoms with Gasteiger partial charge in [-0.1, -0.05) is 29.8 Å². The van der Waals surface area contributed by atoms with Gasteiger partial charge < -0.3 is 5.32 Å². The van der Waals surface area contributed by atoms with Gasteiger partial charge in [-0.15, -0.1) is 11.3 Å². The van der Waals surface area contributed by atoms with Crippen molar-refractivity contribution in [3.8, 4) is 0 Å². The average molecular weight is 260 g/mol. The van der Waals surface area contributed by atoms with E-state index >= 15 is 0 Å². The SMILES string of the molecule is CNCCCc1cnc(Cc2ccc(C)cc2)s1. The summed E-state index contributed by atoms with van der Waals surface area (Å²) in [6.07, 6.45) is 5.30. The molecule has 2 rings (SSSR count). The number of nitrogens with one attached hydrogen (secondary N) is 1. The van der Waals surface area contributed by atoms with Crippen molar-refractivity contribution >= 4 is 11.3 Å². The third-order valence-electron chi connectivity index (χ3n) is 2.93. The van der Waals surface area contributed by atoms with Gasteiger partial charge in [-0.3, -0.25) is 0 Å². The zero-order valence-electron chi connectivity index (χ0n) is 11.1. The molecule has 2 nitrogen and oxygen atoms in total. The summed E-state index contributed by atoms with van der Waals surface area (Å²) in [6.45, 7) is 3.19. The first kappa shape index (κ1) is 13.2. The van der Waals surface area contributed by atoms with Crippen LogP contribution in [0.4, 0.5) is 0 Å². The van der Waals surface area contributed by atoms with Gasteiger partial charge in [-0.2, -0.15) is 0 Å². The topological polar surface area (TPSA) is 24.9 Å². The molecule has 18 heavy (non-hydrogen) atoms. The van der Waals surface area contributed by atoms with Crippen LogP contribution in [0.5, 0.6) is 0 Å². The molecule has 0 saturated heterocycles. The molecule has 3 heteroatoms. The summed E-state index contributed by atoms with van der Waals surface area (Å²) in [6, 6.07) is 8.71. The molecule has 0 amide bonds. The van der Waals surface area contributed by atoms with E-state index in [-0.39, 0.29) is 0 Å². The molecule has 0 aliphatic heterocycles. The Kier molecular flexibility index (Phi) is 4.90. The minimum atomic E-state index is 0.955. The minimum Gasteiger partial charge on any atom is -0.320 e. The third-order valence-corrected chi connectivity index (χ3v) is 3.98. The van der Waals surface area contributed by atoms with Crippen LogP contribution < -0.4 is 5.32 Å². The second-order valence-electron chi connectivity index (χ2n) is 4.59. The maximum atomic E-state index is 4.51. The van der Waals surface area contributed by atoms with Crippen LogP contribution in [-0.4, -0.2) is 18.6 Å². The molecule has 96 valence electrons. The number of rotatable bonds is 6. The Morgan fingerprint density at radius 1 is 1.22 bits per heavy atom. The lowest BCUT2D eigenvalue weighted by molar-refractivity contribution is 0.729. The number of nitrogens with zero attached hydrogens (tertiary/aromatic N) is 1. The van der Waals surface area contributed by atoms with Crippen molar-refractivity contribution < 1.29 is 0 Å². The molecule has 1 aromatic carbocycles. The highest BCUT2D eigenvalue weighted by Gasteiger charge is 2.03. The summed E-state index contributed by atoms with van der Waals surface area (Å²) in [7, 11) is 2.00. The predicted molar refractivity (Wildman–Crippen MR) is 78.3 cm³/mol. The zero-order chi connectivity index (χ0) is 12.8. The lowest BCUT2D eigenvalue weighted by atomic mass is 10.1. The van der Waals surface area contributed by atoms with Gasteiger partial charge in [-0.25, -0.2) is 4.98 Å². The molecule has 0 aliphatic rings. The van der Waals surface area contributed by atoms with Gasteiger partial charge in [0.2, 0.25) is 0 Å². The zero-order valence-corrected chi connectivity index (χ0v) is 11.9. The fourth-order valence-electron chi connectivity index (χ4n) is 1.87. The van der Waals surface area contributed by atoms with Gasteiger partial charge >= 0.3 is 0 Å². The Bertz CT molecular complexity index is 473. The van der Waals surface area contributed by atoms with E-state index in [1.807, 2.05) is 24.6 Å². The molecule has 2 aromatic rings. The second-order valence-corrected chi connectivity index (χ2v) is 5.79. The highest BCUT2D eigenvalue weighted by Crippen LogP contribution is 2.18. The van der Waals surface area contributed by atoms with Crippen molar-refractivity contribution in [3.05, 3.63) is 51.5 Å². The lowest BCUT2D eigenvalue weighted by Crippen LogP contribution is -2.07. The third kappa shape index (κ3) is 3.93. The van der Waals surface area contributed by atoms with Crippen LogP contribution in [0.1, 0.15) is 27.4 Å². The molecule has 0 atom stereocenters. The maximum Gasteiger partial charge on any atom is 0.0971 e. The van der Waals surface area contributed by atoms with Crippen LogP contribution in [0, 0.1) is 6.92 Å². The van der Waals surface area contributed by atoms with E-state index in [9.17, 15) is 0 Å². The number of hydrogen-bond acceptors (Lipinski definition) is 3. The fraction of sp³-hybridized carbons (Fsp3) is 0.400. The van der Waals surface area contributed by atoms with Crippen molar-refractivity contribution in [1.29, 1.82) is 0 Å². The number of aryl methyl sites for hydroxylation is 2. The van der Waals surface area contributed by atoms with Crippen LogP contribution in [0.25, 0.3) is 0 Å². The van der Waals surface area contributed by atoms with Gasteiger partial charge in [0.05, 0.1) is 5.01 Å². The minimum absolute atomic E-state index is 0.955. The Hall–Kier alpha value is -1.19. The van der Waals surface area contributed by atoms with Crippen LogP contribution in [0.15, 0.2) is 30.5 Å². The lowest BCUT2D eigenvalue weighted by Gasteiger charge is -1.98. The van der Waals surface area contributed by atoms with Crippen molar-refractivity contribution in [2.75, 3.05) is 13.6 Å². The number of benzene rings is 1. The molecule has 1 heterocycles.